The van der Waals surface area contributed by atoms with Crippen molar-refractivity contribution in [2.24, 2.45) is 0 Å². The molecule has 6 nitrogen and oxygen atoms in total. The molecule has 26 heavy (non-hydrogen) atoms. The van der Waals surface area contributed by atoms with E-state index in [1.54, 1.807) is 12.3 Å². The Bertz CT molecular complexity index is 916. The Morgan fingerprint density at radius 1 is 1.42 bits per heavy atom. The monoisotopic (exact) mass is 404 g/mol. The first-order chi connectivity index (χ1) is 12.5. The van der Waals surface area contributed by atoms with Gasteiger partial charge in [0.25, 0.3) is 5.91 Å². The normalized spacial score (nSPS) is 17.3. The molecule has 3 rings (SSSR count). The van der Waals surface area contributed by atoms with Crippen molar-refractivity contribution in [3.8, 4) is 0 Å². The number of rotatable bonds is 6. The second kappa shape index (κ2) is 8.15. The van der Waals surface area contributed by atoms with Gasteiger partial charge in [-0.05, 0) is 36.6 Å². The summed E-state index contributed by atoms with van der Waals surface area (Å²) in [4.78, 5) is 34.4. The zero-order valence-corrected chi connectivity index (χ0v) is 16.2. The van der Waals surface area contributed by atoms with Gasteiger partial charge in [-0.2, -0.15) is 11.8 Å². The number of hydrogen-bond acceptors (Lipinski definition) is 8. The van der Waals surface area contributed by atoms with E-state index >= 15 is 0 Å². The lowest BCUT2D eigenvalue weighted by Crippen LogP contribution is -2.50. The number of aliphatic carboxylic acids is 1. The van der Waals surface area contributed by atoms with E-state index in [0.717, 1.165) is 22.2 Å². The van der Waals surface area contributed by atoms with Crippen molar-refractivity contribution >= 4 is 69.0 Å². The van der Waals surface area contributed by atoms with Gasteiger partial charge in [-0.1, -0.05) is 36.1 Å². The van der Waals surface area contributed by atoms with Crippen molar-refractivity contribution < 1.29 is 14.7 Å². The lowest BCUT2D eigenvalue weighted by atomic mass is 10.2. The van der Waals surface area contributed by atoms with Crippen molar-refractivity contribution in [3.63, 3.8) is 0 Å². The number of carbonyl (C=O) groups excluding carboxylic acids is 2. The van der Waals surface area contributed by atoms with Gasteiger partial charge < -0.3 is 9.90 Å². The molecule has 0 bridgehead atoms. The molecule has 1 aromatic heterocycles. The van der Waals surface area contributed by atoms with Crippen molar-refractivity contribution in [1.82, 2.24) is 14.9 Å². The van der Waals surface area contributed by atoms with Crippen LogP contribution >= 0.6 is 35.7 Å². The van der Waals surface area contributed by atoms with Crippen LogP contribution in [0.25, 0.3) is 17.1 Å². The van der Waals surface area contributed by atoms with Gasteiger partial charge in [0, 0.05) is 0 Å². The molecule has 1 saturated heterocycles. The smallest absolute Gasteiger partial charge is 0.266 e. The molecule has 0 unspecified atom stereocenters. The number of fused-ring (bicyclic) bond motifs is 1. The van der Waals surface area contributed by atoms with Gasteiger partial charge in [0.2, 0.25) is 0 Å². The van der Waals surface area contributed by atoms with Crippen LogP contribution in [0.5, 0.6) is 0 Å². The molecular weight excluding hydrogens is 390 g/mol. The Morgan fingerprint density at radius 2 is 2.15 bits per heavy atom. The van der Waals surface area contributed by atoms with Crippen LogP contribution < -0.4 is 5.11 Å². The molecule has 1 atom stereocenters. The number of amides is 1. The third-order valence-electron chi connectivity index (χ3n) is 3.75. The van der Waals surface area contributed by atoms with Crippen molar-refractivity contribution in [3.05, 3.63) is 41.1 Å². The number of thiocarbonyl (C=S) groups is 1. The standard InChI is InChI=1S/C17H15N3O3S3/c1-25-7-6-13(16(22)23)20-15(21)14(26-17(20)24)8-10-9-18-11-4-2-3-5-12(11)19-10/h2-5,8-9,13H,6-7H2,1H3,(H,22,23)/p-1/b14-8+/t13-/m1/s1. The van der Waals surface area contributed by atoms with E-state index < -0.39 is 17.9 Å². The highest BCUT2D eigenvalue weighted by molar-refractivity contribution is 8.26. The number of thioether (sulfide) groups is 2. The number of carboxylic acids is 1. The molecule has 0 N–H and O–H groups in total. The fourth-order valence-electron chi connectivity index (χ4n) is 2.51. The third kappa shape index (κ3) is 3.89. The molecule has 0 aliphatic carbocycles. The van der Waals surface area contributed by atoms with Gasteiger partial charge in [0.15, 0.2) is 0 Å². The quantitative estimate of drug-likeness (QED) is 0.531. The average molecular weight is 405 g/mol. The lowest BCUT2D eigenvalue weighted by molar-refractivity contribution is -0.310. The molecular formula is C17H14N3O3S3-. The molecule has 0 radical (unpaired) electrons. The summed E-state index contributed by atoms with van der Waals surface area (Å²) in [6, 6.07) is 6.34. The summed E-state index contributed by atoms with van der Waals surface area (Å²) >= 11 is 7.79. The second-order valence-electron chi connectivity index (χ2n) is 5.45. The van der Waals surface area contributed by atoms with Gasteiger partial charge in [-0.3, -0.25) is 14.7 Å². The zero-order chi connectivity index (χ0) is 18.7. The summed E-state index contributed by atoms with van der Waals surface area (Å²) in [5.74, 6) is -1.15. The molecule has 2 heterocycles. The van der Waals surface area contributed by atoms with E-state index in [1.165, 1.54) is 11.8 Å². The highest BCUT2D eigenvalue weighted by Gasteiger charge is 2.37. The molecule has 0 saturated carbocycles. The molecule has 1 aliphatic heterocycles. The fraction of sp³-hybridized carbons (Fsp3) is 0.235. The summed E-state index contributed by atoms with van der Waals surface area (Å²) in [5, 5.41) is 11.5. The SMILES string of the molecule is CSCC[C@H](C(=O)[O-])N1C(=O)/C(=C\c2cnc3ccccc3n2)SC1=S. The zero-order valence-electron chi connectivity index (χ0n) is 13.7. The van der Waals surface area contributed by atoms with E-state index in [1.807, 2.05) is 30.5 Å². The minimum Gasteiger partial charge on any atom is -0.548 e. The van der Waals surface area contributed by atoms with Crippen molar-refractivity contribution in [2.75, 3.05) is 12.0 Å². The maximum atomic E-state index is 12.7. The van der Waals surface area contributed by atoms with Crippen molar-refractivity contribution in [1.29, 1.82) is 0 Å². The number of carbonyl (C=O) groups is 2. The number of para-hydroxylation sites is 2. The molecule has 1 fully saturated rings. The Labute approximate surface area is 164 Å². The topological polar surface area (TPSA) is 86.2 Å². The van der Waals surface area contributed by atoms with Gasteiger partial charge in [-0.25, -0.2) is 4.98 Å². The predicted octanol–water partition coefficient (Wildman–Crippen LogP) is 1.70. The number of hydrogen-bond donors (Lipinski definition) is 0. The summed E-state index contributed by atoms with van der Waals surface area (Å²) in [6.07, 6.45) is 5.30. The highest BCUT2D eigenvalue weighted by Crippen LogP contribution is 2.34. The van der Waals surface area contributed by atoms with Gasteiger partial charge in [0.05, 0.1) is 39.8 Å². The summed E-state index contributed by atoms with van der Waals surface area (Å²) in [5.41, 5.74) is 1.98. The highest BCUT2D eigenvalue weighted by atomic mass is 32.2. The van der Waals surface area contributed by atoms with E-state index in [4.69, 9.17) is 12.2 Å². The van der Waals surface area contributed by atoms with E-state index in [-0.39, 0.29) is 10.7 Å². The largest absolute Gasteiger partial charge is 0.548 e. The van der Waals surface area contributed by atoms with Crippen LogP contribution in [0.15, 0.2) is 35.4 Å². The molecule has 2 aromatic rings. The van der Waals surface area contributed by atoms with Crippen LogP contribution in [0.3, 0.4) is 0 Å². The predicted molar refractivity (Wildman–Crippen MR) is 106 cm³/mol. The minimum absolute atomic E-state index is 0.213. The maximum absolute atomic E-state index is 12.7. The lowest BCUT2D eigenvalue weighted by Gasteiger charge is -2.27. The van der Waals surface area contributed by atoms with Gasteiger partial charge in [0.1, 0.15) is 4.32 Å². The number of carboxylic acid groups (broad SMARTS) is 1. The van der Waals surface area contributed by atoms with Crippen LogP contribution in [0, 0.1) is 0 Å². The molecule has 1 aliphatic rings. The third-order valence-corrected chi connectivity index (χ3v) is 5.72. The fourth-order valence-corrected chi connectivity index (χ4v) is 4.31. The second-order valence-corrected chi connectivity index (χ2v) is 8.11. The van der Waals surface area contributed by atoms with Crippen LogP contribution in [-0.2, 0) is 9.59 Å². The molecule has 1 amide bonds. The Hall–Kier alpha value is -1.97. The summed E-state index contributed by atoms with van der Waals surface area (Å²) in [7, 11) is 0. The molecule has 1 aromatic carbocycles. The van der Waals surface area contributed by atoms with Gasteiger partial charge in [-0.15, -0.1) is 0 Å². The average Bonchev–Trinajstić information content (AvgIpc) is 2.89. The van der Waals surface area contributed by atoms with Crippen LogP contribution in [0.1, 0.15) is 12.1 Å². The Morgan fingerprint density at radius 3 is 2.85 bits per heavy atom. The molecule has 134 valence electrons. The number of aromatic nitrogens is 2. The number of benzene rings is 1. The molecule has 0 spiro atoms. The first-order valence-corrected chi connectivity index (χ1v) is 10.3. The van der Waals surface area contributed by atoms with E-state index in [0.29, 0.717) is 21.9 Å². The van der Waals surface area contributed by atoms with E-state index in [9.17, 15) is 14.7 Å². The Kier molecular flexibility index (Phi) is 5.90. The maximum Gasteiger partial charge on any atom is 0.266 e. The summed E-state index contributed by atoms with van der Waals surface area (Å²) < 4.78 is 0.213. The molecule has 9 heteroatoms. The minimum atomic E-state index is -1.30. The Balaban J connectivity index is 1.89. The van der Waals surface area contributed by atoms with Gasteiger partial charge >= 0.3 is 0 Å². The van der Waals surface area contributed by atoms with Crippen LogP contribution in [0.2, 0.25) is 0 Å². The van der Waals surface area contributed by atoms with Crippen molar-refractivity contribution in [2.45, 2.75) is 12.5 Å². The first-order valence-electron chi connectivity index (χ1n) is 7.70. The van der Waals surface area contributed by atoms with Crippen LogP contribution in [-0.4, -0.2) is 49.1 Å². The van der Waals surface area contributed by atoms with E-state index in [2.05, 4.69) is 9.97 Å². The summed E-state index contributed by atoms with van der Waals surface area (Å²) in [6.45, 7) is 0. The van der Waals surface area contributed by atoms with Crippen LogP contribution in [0.4, 0.5) is 0 Å². The first kappa shape index (κ1) is 18.8. The number of nitrogens with zero attached hydrogens (tertiary/aromatic N) is 3.